The summed E-state index contributed by atoms with van der Waals surface area (Å²) in [5.41, 5.74) is 0.205. The number of hydrogen-bond donors (Lipinski definition) is 1. The van der Waals surface area contributed by atoms with Crippen molar-refractivity contribution in [2.75, 3.05) is 7.11 Å². The van der Waals surface area contributed by atoms with Crippen LogP contribution in [0.5, 0.6) is 5.75 Å². The fourth-order valence-corrected chi connectivity index (χ4v) is 2.11. The predicted molar refractivity (Wildman–Crippen MR) is 63.0 cm³/mol. The highest BCUT2D eigenvalue weighted by Crippen LogP contribution is 2.39. The van der Waals surface area contributed by atoms with Crippen molar-refractivity contribution in [2.24, 2.45) is 0 Å². The molecule has 1 aromatic carbocycles. The minimum absolute atomic E-state index is 0.497. The summed E-state index contributed by atoms with van der Waals surface area (Å²) in [6.07, 6.45) is 1.55. The number of rotatable bonds is 2. The molecule has 1 heterocycles. The van der Waals surface area contributed by atoms with Gasteiger partial charge in [0.2, 0.25) is 0 Å². The molecule has 86 valence electrons. The van der Waals surface area contributed by atoms with Crippen molar-refractivity contribution in [1.29, 1.82) is 0 Å². The van der Waals surface area contributed by atoms with E-state index in [9.17, 15) is 5.11 Å². The molecule has 0 saturated heterocycles. The summed E-state index contributed by atoms with van der Waals surface area (Å²) in [5.74, 6) is 0.571. The van der Waals surface area contributed by atoms with Crippen LogP contribution in [0.4, 0.5) is 0 Å². The van der Waals surface area contributed by atoms with Gasteiger partial charge in [-0.1, -0.05) is 11.6 Å². The van der Waals surface area contributed by atoms with Crippen LogP contribution in [0.3, 0.4) is 0 Å². The van der Waals surface area contributed by atoms with E-state index in [1.54, 1.807) is 39.4 Å². The molecule has 0 atom stereocenters. The van der Waals surface area contributed by atoms with E-state index in [0.717, 1.165) is 5.39 Å². The maximum atomic E-state index is 10.0. The van der Waals surface area contributed by atoms with Gasteiger partial charge in [-0.3, -0.25) is 0 Å². The van der Waals surface area contributed by atoms with Crippen LogP contribution in [0.15, 0.2) is 22.8 Å². The number of halogens is 1. The first-order valence-corrected chi connectivity index (χ1v) is 5.29. The average molecular weight is 241 g/mol. The molecule has 0 saturated carbocycles. The largest absolute Gasteiger partial charge is 0.493 e. The zero-order valence-electron chi connectivity index (χ0n) is 9.37. The smallest absolute Gasteiger partial charge is 0.177 e. The molecule has 0 fully saturated rings. The highest BCUT2D eigenvalue weighted by atomic mass is 35.5. The van der Waals surface area contributed by atoms with E-state index in [0.29, 0.717) is 21.9 Å². The van der Waals surface area contributed by atoms with Crippen LogP contribution in [0.1, 0.15) is 19.4 Å². The Kier molecular flexibility index (Phi) is 2.60. The van der Waals surface area contributed by atoms with Gasteiger partial charge >= 0.3 is 0 Å². The van der Waals surface area contributed by atoms with Gasteiger partial charge in [-0.15, -0.1) is 0 Å². The molecule has 1 aromatic heterocycles. The molecule has 0 bridgehead atoms. The molecular formula is C12H13ClO3. The second kappa shape index (κ2) is 3.68. The van der Waals surface area contributed by atoms with Crippen molar-refractivity contribution in [3.8, 4) is 5.75 Å². The molecule has 0 unspecified atom stereocenters. The normalized spacial score (nSPS) is 12.1. The lowest BCUT2D eigenvalue weighted by atomic mass is 9.96. The number of fused-ring (bicyclic) bond motifs is 1. The van der Waals surface area contributed by atoms with Crippen LogP contribution in [0.2, 0.25) is 5.02 Å². The first kappa shape index (κ1) is 11.3. The summed E-state index contributed by atoms with van der Waals surface area (Å²) < 4.78 is 10.5. The average Bonchev–Trinajstić information content (AvgIpc) is 2.65. The highest BCUT2D eigenvalue weighted by molar-refractivity contribution is 6.36. The zero-order chi connectivity index (χ0) is 11.9. The van der Waals surface area contributed by atoms with Crippen molar-refractivity contribution in [2.45, 2.75) is 19.4 Å². The Morgan fingerprint density at radius 1 is 1.44 bits per heavy atom. The standard InChI is InChI=1S/C12H13ClO3/c1-12(2,14)8-6-9(15-3)11-7(10(8)13)4-5-16-11/h4-6,14H,1-3H3. The third-order valence-electron chi connectivity index (χ3n) is 2.52. The lowest BCUT2D eigenvalue weighted by Gasteiger charge is -2.20. The number of hydrogen-bond acceptors (Lipinski definition) is 3. The van der Waals surface area contributed by atoms with Gasteiger partial charge in [-0.25, -0.2) is 0 Å². The Morgan fingerprint density at radius 3 is 2.69 bits per heavy atom. The molecule has 2 aromatic rings. The molecule has 0 aliphatic heterocycles. The minimum atomic E-state index is -1.02. The Labute approximate surface area is 98.6 Å². The van der Waals surface area contributed by atoms with Gasteiger partial charge in [0.15, 0.2) is 11.3 Å². The van der Waals surface area contributed by atoms with Crippen LogP contribution in [0.25, 0.3) is 11.0 Å². The second-order valence-electron chi connectivity index (χ2n) is 4.16. The molecule has 3 nitrogen and oxygen atoms in total. The Hall–Kier alpha value is -1.19. The molecule has 0 radical (unpaired) electrons. The van der Waals surface area contributed by atoms with Crippen molar-refractivity contribution in [1.82, 2.24) is 0 Å². The molecule has 0 aliphatic rings. The first-order chi connectivity index (χ1) is 7.45. The van der Waals surface area contributed by atoms with Crippen molar-refractivity contribution < 1.29 is 14.3 Å². The number of methoxy groups -OCH3 is 1. The summed E-state index contributed by atoms with van der Waals surface area (Å²) in [4.78, 5) is 0. The monoisotopic (exact) mass is 240 g/mol. The maximum Gasteiger partial charge on any atom is 0.177 e. The fraction of sp³-hybridized carbons (Fsp3) is 0.333. The molecule has 1 N–H and O–H groups in total. The molecule has 0 amide bonds. The van der Waals surface area contributed by atoms with Crippen LogP contribution >= 0.6 is 11.6 Å². The maximum absolute atomic E-state index is 10.0. The number of benzene rings is 1. The van der Waals surface area contributed by atoms with Gasteiger partial charge in [0.05, 0.1) is 24.0 Å². The van der Waals surface area contributed by atoms with Crippen LogP contribution in [-0.2, 0) is 5.60 Å². The van der Waals surface area contributed by atoms with E-state index in [2.05, 4.69) is 0 Å². The fourth-order valence-electron chi connectivity index (χ4n) is 1.67. The zero-order valence-corrected chi connectivity index (χ0v) is 10.1. The van der Waals surface area contributed by atoms with Crippen molar-refractivity contribution in [3.63, 3.8) is 0 Å². The third kappa shape index (κ3) is 1.66. The molecule has 0 spiro atoms. The van der Waals surface area contributed by atoms with Crippen LogP contribution in [-0.4, -0.2) is 12.2 Å². The summed E-state index contributed by atoms with van der Waals surface area (Å²) in [6, 6.07) is 3.46. The van der Waals surface area contributed by atoms with Gasteiger partial charge in [-0.2, -0.15) is 0 Å². The number of furan rings is 1. The van der Waals surface area contributed by atoms with Gasteiger partial charge in [0.25, 0.3) is 0 Å². The lowest BCUT2D eigenvalue weighted by molar-refractivity contribution is 0.0786. The van der Waals surface area contributed by atoms with E-state index in [1.165, 1.54) is 0 Å². The summed E-state index contributed by atoms with van der Waals surface area (Å²) in [6.45, 7) is 3.36. The molecule has 2 rings (SSSR count). The SMILES string of the molecule is COc1cc(C(C)(C)O)c(Cl)c2ccoc12. The third-order valence-corrected chi connectivity index (χ3v) is 2.92. The van der Waals surface area contributed by atoms with Gasteiger partial charge in [0, 0.05) is 10.9 Å². The van der Waals surface area contributed by atoms with Gasteiger partial charge < -0.3 is 14.3 Å². The summed E-state index contributed by atoms with van der Waals surface area (Å²) in [5, 5.41) is 11.3. The quantitative estimate of drug-likeness (QED) is 0.876. The lowest BCUT2D eigenvalue weighted by Crippen LogP contribution is -2.16. The number of ether oxygens (including phenoxy) is 1. The van der Waals surface area contributed by atoms with Crippen molar-refractivity contribution in [3.05, 3.63) is 29.0 Å². The van der Waals surface area contributed by atoms with Crippen molar-refractivity contribution >= 4 is 22.6 Å². The van der Waals surface area contributed by atoms with Crippen LogP contribution in [0, 0.1) is 0 Å². The Morgan fingerprint density at radius 2 is 2.12 bits per heavy atom. The molecule has 16 heavy (non-hydrogen) atoms. The first-order valence-electron chi connectivity index (χ1n) is 4.91. The molecule has 0 aliphatic carbocycles. The predicted octanol–water partition coefficient (Wildman–Crippen LogP) is 3.32. The summed E-state index contributed by atoms with van der Waals surface area (Å²) >= 11 is 6.22. The van der Waals surface area contributed by atoms with Gasteiger partial charge in [-0.05, 0) is 26.0 Å². The Bertz CT molecular complexity index is 523. The van der Waals surface area contributed by atoms with E-state index in [4.69, 9.17) is 20.8 Å². The molecule has 4 heteroatoms. The van der Waals surface area contributed by atoms with E-state index in [1.807, 2.05) is 0 Å². The second-order valence-corrected chi connectivity index (χ2v) is 4.54. The Balaban J connectivity index is 2.81. The molecular weight excluding hydrogens is 228 g/mol. The highest BCUT2D eigenvalue weighted by Gasteiger charge is 2.24. The topological polar surface area (TPSA) is 42.6 Å². The van der Waals surface area contributed by atoms with E-state index >= 15 is 0 Å². The number of aliphatic hydroxyl groups is 1. The van der Waals surface area contributed by atoms with E-state index < -0.39 is 5.60 Å². The van der Waals surface area contributed by atoms with Gasteiger partial charge in [0.1, 0.15) is 0 Å². The minimum Gasteiger partial charge on any atom is -0.493 e. The van der Waals surface area contributed by atoms with Crippen LogP contribution < -0.4 is 4.74 Å². The van der Waals surface area contributed by atoms with E-state index in [-0.39, 0.29) is 0 Å². The summed E-state index contributed by atoms with van der Waals surface area (Å²) in [7, 11) is 1.55.